The molecule has 0 aliphatic heterocycles. The van der Waals surface area contributed by atoms with E-state index in [1.165, 1.54) is 0 Å². The number of rotatable bonds is 3. The Morgan fingerprint density at radius 2 is 1.85 bits per heavy atom. The van der Waals surface area contributed by atoms with Gasteiger partial charge in [-0.05, 0) is 45.7 Å². The number of anilines is 1. The molecule has 1 fully saturated rings. The Labute approximate surface area is 117 Å². The summed E-state index contributed by atoms with van der Waals surface area (Å²) in [6, 6.07) is 3.78. The van der Waals surface area contributed by atoms with E-state index in [0.717, 1.165) is 35.7 Å². The van der Waals surface area contributed by atoms with E-state index in [4.69, 9.17) is 4.42 Å². The van der Waals surface area contributed by atoms with Gasteiger partial charge in [0.2, 0.25) is 0 Å². The number of nitrogens with one attached hydrogen (secondary N) is 1. The third-order valence-corrected chi connectivity index (χ3v) is 3.36. The van der Waals surface area contributed by atoms with Crippen molar-refractivity contribution in [3.63, 3.8) is 0 Å². The average Bonchev–Trinajstić information content (AvgIpc) is 3.13. The highest BCUT2D eigenvalue weighted by atomic mass is 16.4. The molecule has 1 aliphatic carbocycles. The van der Waals surface area contributed by atoms with Crippen LogP contribution in [0.5, 0.6) is 0 Å². The lowest BCUT2D eigenvalue weighted by molar-refractivity contribution is 0.102. The third-order valence-electron chi connectivity index (χ3n) is 3.36. The number of aryl methyl sites for hydroxylation is 3. The molecule has 2 aromatic heterocycles. The summed E-state index contributed by atoms with van der Waals surface area (Å²) in [7, 11) is 0. The number of amides is 1. The molecule has 5 heteroatoms. The Bertz CT molecular complexity index is 652. The van der Waals surface area contributed by atoms with Gasteiger partial charge in [-0.15, -0.1) is 0 Å². The third kappa shape index (κ3) is 2.57. The van der Waals surface area contributed by atoms with E-state index >= 15 is 0 Å². The lowest BCUT2D eigenvalue weighted by Crippen LogP contribution is -2.13. The fraction of sp³-hybridized carbons (Fsp3) is 0.400. The first-order chi connectivity index (χ1) is 9.52. The summed E-state index contributed by atoms with van der Waals surface area (Å²) in [6.45, 7) is 5.62. The summed E-state index contributed by atoms with van der Waals surface area (Å²) in [5.41, 5.74) is 3.18. The molecule has 104 valence electrons. The average molecular weight is 271 g/mol. The molecular weight excluding hydrogens is 254 g/mol. The quantitative estimate of drug-likeness (QED) is 0.931. The Morgan fingerprint density at radius 3 is 2.45 bits per heavy atom. The first-order valence-corrected chi connectivity index (χ1v) is 6.77. The van der Waals surface area contributed by atoms with E-state index in [1.54, 1.807) is 12.1 Å². The summed E-state index contributed by atoms with van der Waals surface area (Å²) < 4.78 is 5.51. The molecule has 0 radical (unpaired) electrons. The number of pyridine rings is 1. The molecule has 20 heavy (non-hydrogen) atoms. The van der Waals surface area contributed by atoms with Crippen LogP contribution in [0, 0.1) is 20.8 Å². The number of carbonyl (C=O) groups excluding carboxylic acids is 1. The second-order valence-electron chi connectivity index (χ2n) is 5.33. The van der Waals surface area contributed by atoms with Crippen molar-refractivity contribution in [2.75, 3.05) is 5.32 Å². The topological polar surface area (TPSA) is 68.0 Å². The van der Waals surface area contributed by atoms with Gasteiger partial charge in [-0.3, -0.25) is 15.1 Å². The van der Waals surface area contributed by atoms with E-state index < -0.39 is 0 Å². The Kier molecular flexibility index (Phi) is 3.04. The minimum atomic E-state index is -0.220. The van der Waals surface area contributed by atoms with Crippen LogP contribution in [0.3, 0.4) is 0 Å². The molecule has 1 saturated carbocycles. The van der Waals surface area contributed by atoms with Crippen molar-refractivity contribution < 1.29 is 9.21 Å². The summed E-state index contributed by atoms with van der Waals surface area (Å²) in [4.78, 5) is 20.8. The van der Waals surface area contributed by atoms with Crippen LogP contribution in [-0.2, 0) is 0 Å². The SMILES string of the molecule is Cc1cc(C(=O)Nc2nc(C3CC3)c(C)o2)cc(C)n1. The number of oxazole rings is 1. The highest BCUT2D eigenvalue weighted by molar-refractivity contribution is 6.03. The Balaban J connectivity index is 1.79. The zero-order chi connectivity index (χ0) is 14.3. The fourth-order valence-electron chi connectivity index (χ4n) is 2.33. The molecule has 0 bridgehead atoms. The maximum absolute atomic E-state index is 12.2. The van der Waals surface area contributed by atoms with Gasteiger partial charge in [-0.2, -0.15) is 4.98 Å². The van der Waals surface area contributed by atoms with Crippen LogP contribution in [0.15, 0.2) is 16.5 Å². The molecular formula is C15H17N3O2. The van der Waals surface area contributed by atoms with Gasteiger partial charge >= 0.3 is 6.01 Å². The van der Waals surface area contributed by atoms with Crippen LogP contribution in [0.4, 0.5) is 6.01 Å². The summed E-state index contributed by atoms with van der Waals surface area (Å²) in [5.74, 6) is 1.09. The molecule has 1 amide bonds. The Hall–Kier alpha value is -2.17. The minimum absolute atomic E-state index is 0.220. The van der Waals surface area contributed by atoms with Crippen molar-refractivity contribution >= 4 is 11.9 Å². The molecule has 2 heterocycles. The standard InChI is InChI=1S/C15H17N3O2/c1-8-6-12(7-9(2)16-8)14(19)18-15-17-13(10(3)20-15)11-4-5-11/h6-7,11H,4-5H2,1-3H3,(H,17,18,19). The molecule has 3 rings (SSSR count). The minimum Gasteiger partial charge on any atom is -0.428 e. The van der Waals surface area contributed by atoms with Crippen molar-refractivity contribution in [2.24, 2.45) is 0 Å². The maximum Gasteiger partial charge on any atom is 0.302 e. The van der Waals surface area contributed by atoms with E-state index in [2.05, 4.69) is 15.3 Å². The molecule has 0 aromatic carbocycles. The first kappa shape index (κ1) is 12.8. The predicted molar refractivity (Wildman–Crippen MR) is 74.9 cm³/mol. The predicted octanol–water partition coefficient (Wildman–Crippen LogP) is 3.12. The molecule has 0 spiro atoms. The van der Waals surface area contributed by atoms with Crippen molar-refractivity contribution in [2.45, 2.75) is 39.5 Å². The lowest BCUT2D eigenvalue weighted by Gasteiger charge is -2.03. The van der Waals surface area contributed by atoms with Gasteiger partial charge in [0.1, 0.15) is 5.76 Å². The van der Waals surface area contributed by atoms with Gasteiger partial charge in [0.15, 0.2) is 0 Å². The number of hydrogen-bond donors (Lipinski definition) is 1. The van der Waals surface area contributed by atoms with Crippen LogP contribution in [0.2, 0.25) is 0 Å². The molecule has 2 aromatic rings. The summed E-state index contributed by atoms with van der Waals surface area (Å²) in [5, 5.41) is 2.71. The smallest absolute Gasteiger partial charge is 0.302 e. The fourth-order valence-corrected chi connectivity index (χ4v) is 2.33. The van der Waals surface area contributed by atoms with Crippen molar-refractivity contribution in [1.82, 2.24) is 9.97 Å². The van der Waals surface area contributed by atoms with Gasteiger partial charge < -0.3 is 4.42 Å². The van der Waals surface area contributed by atoms with Gasteiger partial charge in [0, 0.05) is 22.9 Å². The van der Waals surface area contributed by atoms with E-state index in [0.29, 0.717) is 11.5 Å². The van der Waals surface area contributed by atoms with Gasteiger partial charge in [0.05, 0.1) is 5.69 Å². The zero-order valence-corrected chi connectivity index (χ0v) is 11.9. The summed E-state index contributed by atoms with van der Waals surface area (Å²) >= 11 is 0. The van der Waals surface area contributed by atoms with Crippen molar-refractivity contribution in [3.8, 4) is 0 Å². The van der Waals surface area contributed by atoms with Crippen LogP contribution in [0.1, 0.15) is 52.0 Å². The van der Waals surface area contributed by atoms with Crippen LogP contribution < -0.4 is 5.32 Å². The largest absolute Gasteiger partial charge is 0.428 e. The molecule has 1 aliphatic rings. The van der Waals surface area contributed by atoms with Gasteiger partial charge in [0.25, 0.3) is 5.91 Å². The number of carbonyl (C=O) groups is 1. The Morgan fingerprint density at radius 1 is 1.20 bits per heavy atom. The van der Waals surface area contributed by atoms with Crippen molar-refractivity contribution in [3.05, 3.63) is 40.5 Å². The molecule has 5 nitrogen and oxygen atoms in total. The number of aromatic nitrogens is 2. The molecule has 0 saturated heterocycles. The van der Waals surface area contributed by atoms with Crippen molar-refractivity contribution in [1.29, 1.82) is 0 Å². The lowest BCUT2D eigenvalue weighted by atomic mass is 10.2. The molecule has 1 N–H and O–H groups in total. The van der Waals surface area contributed by atoms with E-state index in [9.17, 15) is 4.79 Å². The van der Waals surface area contributed by atoms with Crippen LogP contribution in [-0.4, -0.2) is 15.9 Å². The highest BCUT2D eigenvalue weighted by Crippen LogP contribution is 2.41. The van der Waals surface area contributed by atoms with Gasteiger partial charge in [-0.25, -0.2) is 0 Å². The van der Waals surface area contributed by atoms with Crippen LogP contribution in [0.25, 0.3) is 0 Å². The van der Waals surface area contributed by atoms with Crippen LogP contribution >= 0.6 is 0 Å². The van der Waals surface area contributed by atoms with E-state index in [-0.39, 0.29) is 11.9 Å². The molecule has 0 unspecified atom stereocenters. The molecule has 0 atom stereocenters. The maximum atomic E-state index is 12.2. The van der Waals surface area contributed by atoms with Gasteiger partial charge in [-0.1, -0.05) is 0 Å². The second-order valence-corrected chi connectivity index (χ2v) is 5.33. The number of hydrogen-bond acceptors (Lipinski definition) is 4. The zero-order valence-electron chi connectivity index (χ0n) is 11.9. The normalized spacial score (nSPS) is 14.3. The van der Waals surface area contributed by atoms with E-state index in [1.807, 2.05) is 20.8 Å². The summed E-state index contributed by atoms with van der Waals surface area (Å²) in [6.07, 6.45) is 2.31. The second kappa shape index (κ2) is 4.74. The number of nitrogens with zero attached hydrogens (tertiary/aromatic N) is 2. The highest BCUT2D eigenvalue weighted by Gasteiger charge is 2.29. The monoisotopic (exact) mass is 271 g/mol. The first-order valence-electron chi connectivity index (χ1n) is 6.77.